The Hall–Kier alpha value is -2.60. The molecule has 0 bridgehead atoms. The van der Waals surface area contributed by atoms with Crippen LogP contribution < -0.4 is 0 Å². The van der Waals surface area contributed by atoms with Crippen LogP contribution in [-0.2, 0) is 19.3 Å². The normalized spacial score (nSPS) is 18.8. The van der Waals surface area contributed by atoms with Crippen molar-refractivity contribution in [3.8, 4) is 0 Å². The Morgan fingerprint density at radius 3 is 2.43 bits per heavy atom. The molecule has 0 heterocycles. The summed E-state index contributed by atoms with van der Waals surface area (Å²) in [5.41, 5.74) is 7.84. The molecule has 0 nitrogen and oxygen atoms in total. The second kappa shape index (κ2) is 6.48. The summed E-state index contributed by atoms with van der Waals surface area (Å²) in [5.74, 6) is 0.536. The standard InChI is InChI=1S/C28H26/c1-3-8-23-19(6-1)12-13-21-18-22(15-16-26(21)23)25-10-5-11-27-24-9-4-2-7-20(24)14-17-28(25)27/h2,4,7,9,12-18,25H,1,3,5-6,8,10-11H2. The number of hydrogen-bond donors (Lipinski definition) is 0. The molecule has 1 atom stereocenters. The van der Waals surface area contributed by atoms with E-state index < -0.39 is 0 Å². The van der Waals surface area contributed by atoms with E-state index in [1.54, 1.807) is 22.3 Å². The van der Waals surface area contributed by atoms with Gasteiger partial charge in [0.05, 0.1) is 0 Å². The number of hydrogen-bond acceptors (Lipinski definition) is 0. The topological polar surface area (TPSA) is 0 Å². The molecule has 2 aliphatic rings. The van der Waals surface area contributed by atoms with E-state index in [1.165, 1.54) is 72.1 Å². The lowest BCUT2D eigenvalue weighted by atomic mass is 9.76. The zero-order chi connectivity index (χ0) is 18.5. The molecule has 0 amide bonds. The Morgan fingerprint density at radius 2 is 1.43 bits per heavy atom. The first-order chi connectivity index (χ1) is 13.9. The summed E-state index contributed by atoms with van der Waals surface area (Å²) in [4.78, 5) is 0. The van der Waals surface area contributed by atoms with Crippen molar-refractivity contribution in [2.24, 2.45) is 0 Å². The van der Waals surface area contributed by atoms with Crippen molar-refractivity contribution < 1.29 is 0 Å². The summed E-state index contributed by atoms with van der Waals surface area (Å²) in [6.45, 7) is 0. The van der Waals surface area contributed by atoms with Crippen LogP contribution in [0.3, 0.4) is 0 Å². The summed E-state index contributed by atoms with van der Waals surface area (Å²) in [7, 11) is 0. The van der Waals surface area contributed by atoms with Gasteiger partial charge in [-0.25, -0.2) is 0 Å². The van der Waals surface area contributed by atoms with Gasteiger partial charge in [0, 0.05) is 5.92 Å². The van der Waals surface area contributed by atoms with Crippen LogP contribution in [-0.4, -0.2) is 0 Å². The van der Waals surface area contributed by atoms with Crippen molar-refractivity contribution in [3.05, 3.63) is 94.5 Å². The Balaban J connectivity index is 1.49. The zero-order valence-electron chi connectivity index (χ0n) is 16.4. The average Bonchev–Trinajstić information content (AvgIpc) is 2.78. The summed E-state index contributed by atoms with van der Waals surface area (Å²) < 4.78 is 0. The van der Waals surface area contributed by atoms with Crippen LogP contribution in [0, 0.1) is 0 Å². The number of fused-ring (bicyclic) bond motifs is 6. The number of rotatable bonds is 1. The molecule has 0 spiro atoms. The zero-order valence-corrected chi connectivity index (χ0v) is 16.4. The van der Waals surface area contributed by atoms with E-state index >= 15 is 0 Å². The first-order valence-electron chi connectivity index (χ1n) is 10.9. The Bertz CT molecular complexity index is 1200. The van der Waals surface area contributed by atoms with E-state index in [-0.39, 0.29) is 0 Å². The summed E-state index contributed by atoms with van der Waals surface area (Å²) in [6.07, 6.45) is 8.98. The van der Waals surface area contributed by atoms with Gasteiger partial charge in [-0.1, -0.05) is 66.7 Å². The van der Waals surface area contributed by atoms with Gasteiger partial charge in [0.1, 0.15) is 0 Å². The minimum Gasteiger partial charge on any atom is -0.0616 e. The Labute approximate surface area is 167 Å². The minimum atomic E-state index is 0.536. The number of benzene rings is 4. The van der Waals surface area contributed by atoms with Gasteiger partial charge in [-0.15, -0.1) is 0 Å². The predicted octanol–water partition coefficient (Wildman–Crippen LogP) is 7.34. The molecule has 4 aromatic rings. The Morgan fingerprint density at radius 1 is 0.607 bits per heavy atom. The highest BCUT2D eigenvalue weighted by molar-refractivity contribution is 5.89. The molecule has 0 N–H and O–H groups in total. The van der Waals surface area contributed by atoms with Crippen molar-refractivity contribution in [1.29, 1.82) is 0 Å². The van der Waals surface area contributed by atoms with E-state index in [1.807, 2.05) is 0 Å². The van der Waals surface area contributed by atoms with Crippen LogP contribution in [0.5, 0.6) is 0 Å². The molecule has 28 heavy (non-hydrogen) atoms. The van der Waals surface area contributed by atoms with Crippen molar-refractivity contribution in [1.82, 2.24) is 0 Å². The van der Waals surface area contributed by atoms with Crippen molar-refractivity contribution in [2.75, 3.05) is 0 Å². The van der Waals surface area contributed by atoms with E-state index in [9.17, 15) is 0 Å². The van der Waals surface area contributed by atoms with Gasteiger partial charge >= 0.3 is 0 Å². The molecule has 0 aliphatic heterocycles. The lowest BCUT2D eigenvalue weighted by Crippen LogP contribution is -2.11. The van der Waals surface area contributed by atoms with Crippen LogP contribution in [0.1, 0.15) is 59.4 Å². The SMILES string of the molecule is c1ccc2c3c(ccc2c1)C(c1ccc2c4c(ccc2c1)CCCC4)CCC3. The molecule has 0 fully saturated rings. The van der Waals surface area contributed by atoms with E-state index in [0.29, 0.717) is 5.92 Å². The molecular weight excluding hydrogens is 336 g/mol. The monoisotopic (exact) mass is 362 g/mol. The summed E-state index contributed by atoms with van der Waals surface area (Å²) in [5, 5.41) is 5.77. The second-order valence-corrected chi connectivity index (χ2v) is 8.69. The molecule has 0 saturated carbocycles. The van der Waals surface area contributed by atoms with Gasteiger partial charge in [-0.3, -0.25) is 0 Å². The fourth-order valence-corrected chi connectivity index (χ4v) is 5.76. The van der Waals surface area contributed by atoms with Crippen molar-refractivity contribution in [3.63, 3.8) is 0 Å². The maximum Gasteiger partial charge on any atom is 0.00926 e. The van der Waals surface area contributed by atoms with Crippen LogP contribution in [0.4, 0.5) is 0 Å². The highest BCUT2D eigenvalue weighted by Gasteiger charge is 2.24. The molecule has 138 valence electrons. The van der Waals surface area contributed by atoms with E-state index in [4.69, 9.17) is 0 Å². The lowest BCUT2D eigenvalue weighted by molar-refractivity contribution is 0.620. The number of aryl methyl sites for hydroxylation is 3. The van der Waals surface area contributed by atoms with Gasteiger partial charge in [-0.2, -0.15) is 0 Å². The van der Waals surface area contributed by atoms with Crippen LogP contribution in [0.2, 0.25) is 0 Å². The maximum atomic E-state index is 2.49. The van der Waals surface area contributed by atoms with Gasteiger partial charge in [0.15, 0.2) is 0 Å². The third kappa shape index (κ3) is 2.51. The van der Waals surface area contributed by atoms with Crippen LogP contribution >= 0.6 is 0 Å². The van der Waals surface area contributed by atoms with Crippen molar-refractivity contribution in [2.45, 2.75) is 50.9 Å². The van der Waals surface area contributed by atoms with Crippen molar-refractivity contribution >= 4 is 21.5 Å². The summed E-state index contributed by atoms with van der Waals surface area (Å²) in [6, 6.07) is 25.7. The van der Waals surface area contributed by atoms with Crippen LogP contribution in [0.25, 0.3) is 21.5 Å². The second-order valence-electron chi connectivity index (χ2n) is 8.69. The molecule has 4 aromatic carbocycles. The van der Waals surface area contributed by atoms with E-state index in [0.717, 1.165) is 0 Å². The highest BCUT2D eigenvalue weighted by Crippen LogP contribution is 2.41. The fraction of sp³-hybridized carbons (Fsp3) is 0.286. The molecule has 0 radical (unpaired) electrons. The molecule has 6 rings (SSSR count). The Kier molecular flexibility index (Phi) is 3.79. The van der Waals surface area contributed by atoms with Gasteiger partial charge in [0.25, 0.3) is 0 Å². The van der Waals surface area contributed by atoms with Crippen LogP contribution in [0.15, 0.2) is 66.7 Å². The fourth-order valence-electron chi connectivity index (χ4n) is 5.76. The molecule has 0 heteroatoms. The first kappa shape index (κ1) is 16.4. The third-order valence-corrected chi connectivity index (χ3v) is 7.15. The average molecular weight is 363 g/mol. The van der Waals surface area contributed by atoms with Gasteiger partial charge in [0.2, 0.25) is 0 Å². The highest BCUT2D eigenvalue weighted by atomic mass is 14.3. The maximum absolute atomic E-state index is 2.49. The van der Waals surface area contributed by atoms with E-state index in [2.05, 4.69) is 66.7 Å². The summed E-state index contributed by atoms with van der Waals surface area (Å²) >= 11 is 0. The largest absolute Gasteiger partial charge is 0.0616 e. The van der Waals surface area contributed by atoms with Gasteiger partial charge < -0.3 is 0 Å². The molecule has 0 saturated heterocycles. The molecule has 2 aliphatic carbocycles. The predicted molar refractivity (Wildman–Crippen MR) is 119 cm³/mol. The molecular formula is C28H26. The minimum absolute atomic E-state index is 0.536. The lowest BCUT2D eigenvalue weighted by Gasteiger charge is -2.28. The first-order valence-corrected chi connectivity index (χ1v) is 10.9. The third-order valence-electron chi connectivity index (χ3n) is 7.15. The quantitative estimate of drug-likeness (QED) is 0.332. The molecule has 0 aromatic heterocycles. The molecule has 1 unspecified atom stereocenters. The van der Waals surface area contributed by atoms with Gasteiger partial charge in [-0.05, 0) is 94.3 Å². The smallest absolute Gasteiger partial charge is 0.00926 e.